The highest BCUT2D eigenvalue weighted by Gasteiger charge is 2.39. The first-order valence-corrected chi connectivity index (χ1v) is 8.08. The van der Waals surface area contributed by atoms with E-state index in [0.717, 1.165) is 45.4 Å². The molecule has 0 spiro atoms. The van der Waals surface area contributed by atoms with Gasteiger partial charge < -0.3 is 10.4 Å². The van der Waals surface area contributed by atoms with E-state index in [2.05, 4.69) is 10.2 Å². The summed E-state index contributed by atoms with van der Waals surface area (Å²) in [7, 11) is 0. The van der Waals surface area contributed by atoms with E-state index in [0.29, 0.717) is 11.5 Å². The Morgan fingerprint density at radius 1 is 1.29 bits per heavy atom. The number of nitro groups is 1. The number of aromatic hydroxyl groups is 1. The molecule has 0 radical (unpaired) electrons. The lowest BCUT2D eigenvalue weighted by Crippen LogP contribution is -2.48. The number of halogens is 3. The van der Waals surface area contributed by atoms with E-state index in [9.17, 15) is 15.2 Å². The number of hydrogen-bond acceptors (Lipinski definition) is 5. The first-order valence-electron chi connectivity index (χ1n) is 7.70. The number of nitro benzene ring substituents is 1. The monoisotopic (exact) mass is 397 g/mol. The van der Waals surface area contributed by atoms with Crippen molar-refractivity contribution in [1.29, 1.82) is 0 Å². The Hall–Kier alpha value is -0.790. The van der Waals surface area contributed by atoms with Crippen LogP contribution in [0.25, 0.3) is 0 Å². The fraction of sp³-hybridized carbons (Fsp3) is 0.600. The Morgan fingerprint density at radius 2 is 1.92 bits per heavy atom. The summed E-state index contributed by atoms with van der Waals surface area (Å²) in [5, 5.41) is 25.3. The van der Waals surface area contributed by atoms with Gasteiger partial charge in [-0.2, -0.15) is 0 Å². The molecule has 1 aliphatic heterocycles. The van der Waals surface area contributed by atoms with Crippen LogP contribution in [0.2, 0.25) is 5.02 Å². The van der Waals surface area contributed by atoms with Gasteiger partial charge in [-0.3, -0.25) is 15.0 Å². The Balaban J connectivity index is 0.00000144. The molecule has 0 amide bonds. The van der Waals surface area contributed by atoms with Gasteiger partial charge in [0.05, 0.1) is 15.5 Å². The summed E-state index contributed by atoms with van der Waals surface area (Å²) in [6, 6.07) is 2.68. The van der Waals surface area contributed by atoms with Crippen molar-refractivity contribution >= 4 is 42.1 Å². The van der Waals surface area contributed by atoms with Gasteiger partial charge >= 0.3 is 0 Å². The smallest absolute Gasteiger partial charge is 0.278 e. The molecule has 3 rings (SSSR count). The molecule has 2 N–H and O–H groups in total. The molecule has 1 saturated heterocycles. The van der Waals surface area contributed by atoms with Gasteiger partial charge in [0.1, 0.15) is 5.75 Å². The average molecular weight is 399 g/mol. The highest BCUT2D eigenvalue weighted by atomic mass is 35.5. The summed E-state index contributed by atoms with van der Waals surface area (Å²) < 4.78 is 0. The molecule has 0 bridgehead atoms. The number of rotatable bonds is 4. The zero-order valence-corrected chi connectivity index (χ0v) is 15.5. The standard InChI is InChI=1S/C15H20ClN3O3.2ClH/c16-11-4-5-12(19(21)22)13(15(11)20)14(10-2-1-3-10)18-8-6-17-7-9-18;;/h4-5,10,14,17,20H,1-3,6-9H2;2*1H/t14-;;/m1../s1. The second-order valence-corrected chi connectivity index (χ2v) is 6.41. The third kappa shape index (κ3) is 4.06. The quantitative estimate of drug-likeness (QED) is 0.599. The van der Waals surface area contributed by atoms with Crippen molar-refractivity contribution in [3.8, 4) is 5.75 Å². The Labute approximate surface area is 158 Å². The van der Waals surface area contributed by atoms with E-state index in [1.165, 1.54) is 12.1 Å². The summed E-state index contributed by atoms with van der Waals surface area (Å²) in [6.45, 7) is 3.37. The molecule has 1 aliphatic carbocycles. The Bertz CT molecular complexity index is 579. The molecule has 1 atom stereocenters. The van der Waals surface area contributed by atoms with E-state index in [4.69, 9.17) is 11.6 Å². The lowest BCUT2D eigenvalue weighted by Gasteiger charge is -2.43. The van der Waals surface area contributed by atoms with Crippen LogP contribution in [0, 0.1) is 16.0 Å². The first-order chi connectivity index (χ1) is 10.6. The molecule has 1 saturated carbocycles. The molecule has 1 aromatic carbocycles. The van der Waals surface area contributed by atoms with Gasteiger partial charge in [-0.25, -0.2) is 0 Å². The molecule has 0 aromatic heterocycles. The number of nitrogens with one attached hydrogen (secondary N) is 1. The predicted octanol–water partition coefficient (Wildman–Crippen LogP) is 3.54. The number of piperazine rings is 1. The number of hydrogen-bond donors (Lipinski definition) is 2. The third-order valence-electron chi connectivity index (χ3n) is 4.78. The normalized spacial score (nSPS) is 19.5. The maximum atomic E-state index is 11.4. The average Bonchev–Trinajstić information content (AvgIpc) is 2.46. The molecule has 0 unspecified atom stereocenters. The fourth-order valence-corrected chi connectivity index (χ4v) is 3.62. The summed E-state index contributed by atoms with van der Waals surface area (Å²) in [5.74, 6) is 0.215. The van der Waals surface area contributed by atoms with E-state index in [1.807, 2.05) is 0 Å². The minimum Gasteiger partial charge on any atom is -0.506 e. The largest absolute Gasteiger partial charge is 0.506 e. The molecule has 2 fully saturated rings. The molecule has 1 heterocycles. The van der Waals surface area contributed by atoms with Gasteiger partial charge in [-0.05, 0) is 24.8 Å². The number of phenolic OH excluding ortho intramolecular Hbond substituents is 1. The Kier molecular flexibility index (Phi) is 8.02. The van der Waals surface area contributed by atoms with E-state index < -0.39 is 4.92 Å². The van der Waals surface area contributed by atoms with Crippen molar-refractivity contribution in [3.63, 3.8) is 0 Å². The van der Waals surface area contributed by atoms with Gasteiger partial charge in [0.25, 0.3) is 5.69 Å². The molecule has 9 heteroatoms. The van der Waals surface area contributed by atoms with Crippen molar-refractivity contribution < 1.29 is 10.0 Å². The van der Waals surface area contributed by atoms with Crippen molar-refractivity contribution in [3.05, 3.63) is 32.8 Å². The fourth-order valence-electron chi connectivity index (χ4n) is 3.45. The van der Waals surface area contributed by atoms with Crippen molar-refractivity contribution in [2.75, 3.05) is 26.2 Å². The minimum absolute atomic E-state index is 0. The van der Waals surface area contributed by atoms with Crippen molar-refractivity contribution in [2.24, 2.45) is 5.92 Å². The molecule has 2 aliphatic rings. The number of benzene rings is 1. The highest BCUT2D eigenvalue weighted by Crippen LogP contribution is 2.48. The van der Waals surface area contributed by atoms with Crippen LogP contribution in [0.3, 0.4) is 0 Å². The summed E-state index contributed by atoms with van der Waals surface area (Å²) in [5.41, 5.74) is 0.362. The maximum Gasteiger partial charge on any atom is 0.278 e. The van der Waals surface area contributed by atoms with Gasteiger partial charge in [-0.15, -0.1) is 24.8 Å². The van der Waals surface area contributed by atoms with Crippen LogP contribution >= 0.6 is 36.4 Å². The zero-order valence-electron chi connectivity index (χ0n) is 13.1. The zero-order chi connectivity index (χ0) is 15.7. The molecule has 6 nitrogen and oxygen atoms in total. The first kappa shape index (κ1) is 21.3. The van der Waals surface area contributed by atoms with Crippen molar-refractivity contribution in [2.45, 2.75) is 25.3 Å². The second kappa shape index (κ2) is 9.06. The van der Waals surface area contributed by atoms with Crippen LogP contribution in [-0.2, 0) is 0 Å². The summed E-state index contributed by atoms with van der Waals surface area (Å²) >= 11 is 6.04. The maximum absolute atomic E-state index is 11.4. The van der Waals surface area contributed by atoms with Crippen LogP contribution < -0.4 is 5.32 Å². The van der Waals surface area contributed by atoms with Crippen LogP contribution in [-0.4, -0.2) is 41.1 Å². The minimum atomic E-state index is -0.417. The third-order valence-corrected chi connectivity index (χ3v) is 5.08. The highest BCUT2D eigenvalue weighted by molar-refractivity contribution is 6.32. The summed E-state index contributed by atoms with van der Waals surface area (Å²) in [6.07, 6.45) is 3.22. The lowest BCUT2D eigenvalue weighted by atomic mass is 9.75. The topological polar surface area (TPSA) is 78.6 Å². The molecule has 24 heavy (non-hydrogen) atoms. The van der Waals surface area contributed by atoms with Gasteiger partial charge in [0.2, 0.25) is 0 Å². The molecule has 1 aromatic rings. The van der Waals surface area contributed by atoms with Crippen LogP contribution in [0.5, 0.6) is 5.75 Å². The van der Waals surface area contributed by atoms with Gasteiger partial charge in [-0.1, -0.05) is 18.0 Å². The van der Waals surface area contributed by atoms with Gasteiger partial charge in [0.15, 0.2) is 0 Å². The number of nitrogens with zero attached hydrogens (tertiary/aromatic N) is 2. The predicted molar refractivity (Wildman–Crippen MR) is 98.8 cm³/mol. The van der Waals surface area contributed by atoms with Crippen LogP contribution in [0.15, 0.2) is 12.1 Å². The van der Waals surface area contributed by atoms with E-state index >= 15 is 0 Å². The SMILES string of the molecule is Cl.Cl.O=[N+]([O-])c1ccc(Cl)c(O)c1[C@@H](C1CCC1)N1CCNCC1. The summed E-state index contributed by atoms with van der Waals surface area (Å²) in [4.78, 5) is 13.3. The second-order valence-electron chi connectivity index (χ2n) is 6.01. The molecule has 136 valence electrons. The van der Waals surface area contributed by atoms with E-state index in [1.54, 1.807) is 0 Å². The number of phenols is 1. The lowest BCUT2D eigenvalue weighted by molar-refractivity contribution is -0.386. The Morgan fingerprint density at radius 3 is 2.42 bits per heavy atom. The molecular formula is C15H22Cl3N3O3. The molecular weight excluding hydrogens is 377 g/mol. The van der Waals surface area contributed by atoms with E-state index in [-0.39, 0.29) is 47.3 Å². The van der Waals surface area contributed by atoms with Crippen LogP contribution in [0.4, 0.5) is 5.69 Å². The van der Waals surface area contributed by atoms with Gasteiger partial charge in [0, 0.05) is 38.3 Å². The van der Waals surface area contributed by atoms with Crippen LogP contribution in [0.1, 0.15) is 30.9 Å². The van der Waals surface area contributed by atoms with Crippen molar-refractivity contribution in [1.82, 2.24) is 10.2 Å².